The third kappa shape index (κ3) is 4.33. The predicted molar refractivity (Wildman–Crippen MR) is 123 cm³/mol. The van der Waals surface area contributed by atoms with Gasteiger partial charge in [-0.3, -0.25) is 4.90 Å². The Balaban J connectivity index is 1.38. The van der Waals surface area contributed by atoms with Gasteiger partial charge < -0.3 is 9.15 Å². The van der Waals surface area contributed by atoms with Gasteiger partial charge in [0.1, 0.15) is 0 Å². The molecule has 11 heteroatoms. The van der Waals surface area contributed by atoms with Gasteiger partial charge in [0.25, 0.3) is 4.84 Å². The molecule has 2 fully saturated rings. The molecule has 0 radical (unpaired) electrons. The summed E-state index contributed by atoms with van der Waals surface area (Å²) in [5, 5.41) is 6.67. The van der Waals surface area contributed by atoms with Crippen LogP contribution in [0.15, 0.2) is 51.1 Å². The van der Waals surface area contributed by atoms with E-state index in [0.29, 0.717) is 50.5 Å². The number of aromatic nitrogens is 2. The molecule has 4 heterocycles. The number of thiophene rings is 1. The first-order valence-electron chi connectivity index (χ1n) is 10.6. The smallest absolute Gasteiger partial charge is 0.288 e. The minimum absolute atomic E-state index is 0.213. The van der Waals surface area contributed by atoms with E-state index in [1.807, 2.05) is 0 Å². The number of nitrogens with zero attached hydrogens (tertiary/aromatic N) is 4. The Morgan fingerprint density at radius 1 is 1.16 bits per heavy atom. The monoisotopic (exact) mass is 492 g/mol. The highest BCUT2D eigenvalue weighted by molar-refractivity contribution is 7.89. The van der Waals surface area contributed by atoms with Crippen molar-refractivity contribution < 1.29 is 17.6 Å². The van der Waals surface area contributed by atoms with E-state index in [9.17, 15) is 8.42 Å². The van der Waals surface area contributed by atoms with Crippen LogP contribution in [-0.2, 0) is 21.4 Å². The van der Waals surface area contributed by atoms with Gasteiger partial charge in [-0.2, -0.15) is 4.31 Å². The van der Waals surface area contributed by atoms with Crippen LogP contribution in [-0.4, -0.2) is 60.3 Å². The summed E-state index contributed by atoms with van der Waals surface area (Å²) >= 11 is 7.19. The molecular weight excluding hydrogens is 468 g/mol. The molecule has 0 amide bonds. The van der Waals surface area contributed by atoms with E-state index in [1.54, 1.807) is 40.3 Å². The molecule has 3 aromatic rings. The fourth-order valence-corrected chi connectivity index (χ4v) is 6.74. The number of rotatable bonds is 6. The Morgan fingerprint density at radius 3 is 2.78 bits per heavy atom. The van der Waals surface area contributed by atoms with Gasteiger partial charge in [0.2, 0.25) is 15.9 Å². The van der Waals surface area contributed by atoms with Crippen LogP contribution < -0.4 is 0 Å². The quantitative estimate of drug-likeness (QED) is 0.485. The van der Waals surface area contributed by atoms with Gasteiger partial charge in [0, 0.05) is 36.1 Å². The Morgan fingerprint density at radius 2 is 2.00 bits per heavy atom. The predicted octanol–water partition coefficient (Wildman–Crippen LogP) is 3.75. The van der Waals surface area contributed by atoms with Crippen LogP contribution in [0.25, 0.3) is 11.5 Å². The summed E-state index contributed by atoms with van der Waals surface area (Å²) in [6.45, 7) is 3.02. The zero-order chi connectivity index (χ0) is 22.1. The highest BCUT2D eigenvalue weighted by atomic mass is 32.2. The van der Waals surface area contributed by atoms with Crippen LogP contribution in [0.1, 0.15) is 23.8 Å². The lowest BCUT2D eigenvalue weighted by atomic mass is 10.2. The first-order valence-corrected chi connectivity index (χ1v) is 13.3. The van der Waals surface area contributed by atoms with Crippen LogP contribution in [0.3, 0.4) is 0 Å². The summed E-state index contributed by atoms with van der Waals surface area (Å²) in [4.78, 5) is 4.19. The van der Waals surface area contributed by atoms with Gasteiger partial charge in [0.15, 0.2) is 0 Å². The molecule has 2 aliphatic heterocycles. The number of morpholine rings is 1. The van der Waals surface area contributed by atoms with Gasteiger partial charge >= 0.3 is 0 Å². The summed E-state index contributed by atoms with van der Waals surface area (Å²) < 4.78 is 40.2. The van der Waals surface area contributed by atoms with Gasteiger partial charge in [-0.05, 0) is 54.7 Å². The molecule has 170 valence electrons. The lowest BCUT2D eigenvalue weighted by Gasteiger charge is -2.26. The van der Waals surface area contributed by atoms with Crippen molar-refractivity contribution >= 4 is 33.6 Å². The van der Waals surface area contributed by atoms with Gasteiger partial charge in [-0.15, -0.1) is 16.4 Å². The molecule has 1 atom stereocenters. The lowest BCUT2D eigenvalue weighted by Crippen LogP contribution is -2.40. The number of hydrogen-bond acceptors (Lipinski definition) is 8. The van der Waals surface area contributed by atoms with E-state index in [1.165, 1.54) is 9.18 Å². The van der Waals surface area contributed by atoms with Gasteiger partial charge in [-0.1, -0.05) is 12.1 Å². The van der Waals surface area contributed by atoms with Crippen LogP contribution >= 0.6 is 23.6 Å². The SMILES string of the molecule is O=S(=O)(c1cccc(-c2nn(CN3CCCC3c3cccs3)c(=S)o2)c1)N1CCOCC1. The third-order valence-corrected chi connectivity index (χ3v) is 9.01. The topological polar surface area (TPSA) is 80.8 Å². The highest BCUT2D eigenvalue weighted by Crippen LogP contribution is 2.35. The number of sulfonamides is 1. The van der Waals surface area contributed by atoms with Gasteiger partial charge in [-0.25, -0.2) is 13.1 Å². The van der Waals surface area contributed by atoms with E-state index in [4.69, 9.17) is 21.4 Å². The van der Waals surface area contributed by atoms with E-state index < -0.39 is 10.0 Å². The van der Waals surface area contributed by atoms with Crippen molar-refractivity contribution in [1.29, 1.82) is 0 Å². The molecule has 5 rings (SSSR count). The lowest BCUT2D eigenvalue weighted by molar-refractivity contribution is 0.0730. The molecule has 0 bridgehead atoms. The van der Waals surface area contributed by atoms with Crippen LogP contribution in [0, 0.1) is 4.84 Å². The fraction of sp³-hybridized carbons (Fsp3) is 0.429. The molecule has 1 unspecified atom stereocenters. The number of likely N-dealkylation sites (tertiary alicyclic amines) is 1. The van der Waals surface area contributed by atoms with E-state index in [0.717, 1.165) is 19.4 Å². The highest BCUT2D eigenvalue weighted by Gasteiger charge is 2.29. The summed E-state index contributed by atoms with van der Waals surface area (Å²) in [5.74, 6) is 0.320. The molecule has 0 spiro atoms. The van der Waals surface area contributed by atoms with Crippen molar-refractivity contribution in [2.45, 2.75) is 30.4 Å². The first kappa shape index (κ1) is 21.9. The molecule has 8 nitrogen and oxygen atoms in total. The summed E-state index contributed by atoms with van der Waals surface area (Å²) in [7, 11) is -3.60. The largest absolute Gasteiger partial charge is 0.409 e. The van der Waals surface area contributed by atoms with Crippen LogP contribution in [0.5, 0.6) is 0 Å². The van der Waals surface area contributed by atoms with Crippen molar-refractivity contribution in [3.05, 3.63) is 51.5 Å². The summed E-state index contributed by atoms with van der Waals surface area (Å²) in [6, 6.07) is 11.3. The molecule has 32 heavy (non-hydrogen) atoms. The maximum atomic E-state index is 13.0. The molecule has 0 aliphatic carbocycles. The zero-order valence-electron chi connectivity index (χ0n) is 17.4. The van der Waals surface area contributed by atoms with E-state index in [2.05, 4.69) is 27.5 Å². The number of hydrogen-bond donors (Lipinski definition) is 0. The zero-order valence-corrected chi connectivity index (χ0v) is 19.9. The average molecular weight is 493 g/mol. The molecule has 2 saturated heterocycles. The molecule has 0 N–H and O–H groups in total. The second-order valence-corrected chi connectivity index (χ2v) is 11.1. The first-order chi connectivity index (χ1) is 15.5. The minimum Gasteiger partial charge on any atom is -0.409 e. The number of benzene rings is 1. The average Bonchev–Trinajstić information content (AvgIpc) is 3.57. The third-order valence-electron chi connectivity index (χ3n) is 5.85. The molecule has 2 aliphatic rings. The Kier molecular flexibility index (Phi) is 6.28. The van der Waals surface area contributed by atoms with Crippen molar-refractivity contribution in [2.24, 2.45) is 0 Å². The van der Waals surface area contributed by atoms with Crippen molar-refractivity contribution in [3.63, 3.8) is 0 Å². The maximum absolute atomic E-state index is 13.0. The standard InChI is InChI=1S/C21H24N4O4S3/c26-32(27,24-9-11-28-12-10-24)17-5-1-4-16(14-17)20-22-25(21(30)29-20)15-23-8-2-6-18(23)19-7-3-13-31-19/h1,3-5,7,13-14,18H,2,6,8-12,15H2. The molecular formula is C21H24N4O4S3. The Hall–Kier alpha value is -1.89. The Bertz CT molecular complexity index is 1230. The molecule has 0 saturated carbocycles. The molecule has 2 aromatic heterocycles. The number of ether oxygens (including phenoxy) is 1. The van der Waals surface area contributed by atoms with E-state index >= 15 is 0 Å². The second-order valence-electron chi connectivity index (χ2n) is 7.84. The second kappa shape index (κ2) is 9.16. The minimum atomic E-state index is -3.60. The van der Waals surface area contributed by atoms with E-state index in [-0.39, 0.29) is 9.73 Å². The fourth-order valence-electron chi connectivity index (χ4n) is 4.21. The normalized spacial score (nSPS) is 20.7. The molecule has 1 aromatic carbocycles. The maximum Gasteiger partial charge on any atom is 0.288 e. The Labute approximate surface area is 196 Å². The van der Waals surface area contributed by atoms with Crippen molar-refractivity contribution in [1.82, 2.24) is 19.0 Å². The van der Waals surface area contributed by atoms with Crippen molar-refractivity contribution in [2.75, 3.05) is 32.8 Å². The van der Waals surface area contributed by atoms with Crippen LogP contribution in [0.4, 0.5) is 0 Å². The summed E-state index contributed by atoms with van der Waals surface area (Å²) in [5.41, 5.74) is 0.584. The van der Waals surface area contributed by atoms with Crippen LogP contribution in [0.2, 0.25) is 0 Å². The van der Waals surface area contributed by atoms with Gasteiger partial charge in [0.05, 0.1) is 24.8 Å². The van der Waals surface area contributed by atoms with Crippen molar-refractivity contribution in [3.8, 4) is 11.5 Å². The summed E-state index contributed by atoms with van der Waals surface area (Å²) in [6.07, 6.45) is 2.24.